The lowest BCUT2D eigenvalue weighted by atomic mass is 10.0. The minimum atomic E-state index is -0.218. The highest BCUT2D eigenvalue weighted by atomic mass is 16.5. The van der Waals surface area contributed by atoms with Crippen molar-refractivity contribution in [2.45, 2.75) is 26.4 Å². The lowest BCUT2D eigenvalue weighted by Gasteiger charge is -2.40. The van der Waals surface area contributed by atoms with Crippen molar-refractivity contribution in [2.24, 2.45) is 0 Å². The number of carbonyl (C=O) groups excluding carboxylic acids is 1. The second-order valence-corrected chi connectivity index (χ2v) is 7.83. The summed E-state index contributed by atoms with van der Waals surface area (Å²) >= 11 is 0. The van der Waals surface area contributed by atoms with E-state index in [2.05, 4.69) is 28.0 Å². The number of likely N-dealkylation sites (N-methyl/N-ethyl adjacent to an activating group) is 1. The van der Waals surface area contributed by atoms with Crippen LogP contribution < -0.4 is 9.47 Å². The van der Waals surface area contributed by atoms with Crippen molar-refractivity contribution in [3.05, 3.63) is 59.7 Å². The molecule has 0 unspecified atom stereocenters. The van der Waals surface area contributed by atoms with Crippen LogP contribution in [-0.4, -0.2) is 74.1 Å². The number of benzene rings is 2. The molecule has 0 bridgehead atoms. The Hall–Kier alpha value is -2.57. The SMILES string of the molecule is CCN(CC)C(=O)[C@H](c1ccccc1)N1CCN(Cc2ccc(OC)c(OC)c2)CC1. The molecule has 0 aromatic heterocycles. The van der Waals surface area contributed by atoms with E-state index in [4.69, 9.17) is 9.47 Å². The lowest BCUT2D eigenvalue weighted by Crippen LogP contribution is -2.51. The van der Waals surface area contributed by atoms with Crippen molar-refractivity contribution in [3.63, 3.8) is 0 Å². The minimum Gasteiger partial charge on any atom is -0.493 e. The first-order valence-corrected chi connectivity index (χ1v) is 11.1. The molecule has 1 heterocycles. The van der Waals surface area contributed by atoms with Gasteiger partial charge in [0.25, 0.3) is 0 Å². The maximum absolute atomic E-state index is 13.4. The van der Waals surface area contributed by atoms with Gasteiger partial charge in [0.05, 0.1) is 14.2 Å². The number of hydrogen-bond acceptors (Lipinski definition) is 5. The molecular formula is C25H35N3O3. The van der Waals surface area contributed by atoms with Crippen LogP contribution in [0.25, 0.3) is 0 Å². The predicted molar refractivity (Wildman–Crippen MR) is 124 cm³/mol. The fourth-order valence-electron chi connectivity index (χ4n) is 4.27. The van der Waals surface area contributed by atoms with E-state index in [1.807, 2.05) is 49.1 Å². The number of ether oxygens (including phenoxy) is 2. The van der Waals surface area contributed by atoms with Gasteiger partial charge in [-0.15, -0.1) is 0 Å². The Kier molecular flexibility index (Phi) is 8.32. The quantitative estimate of drug-likeness (QED) is 0.616. The standard InChI is InChI=1S/C25H35N3O3/c1-5-27(6-2)25(29)24(21-10-8-7-9-11-21)28-16-14-26(15-17-28)19-20-12-13-22(30-3)23(18-20)31-4/h7-13,18,24H,5-6,14-17,19H2,1-4H3/t24-/m0/s1. The average Bonchev–Trinajstić information content (AvgIpc) is 2.82. The summed E-state index contributed by atoms with van der Waals surface area (Å²) in [6, 6.07) is 16.1. The number of carbonyl (C=O) groups is 1. The van der Waals surface area contributed by atoms with Crippen molar-refractivity contribution in [1.29, 1.82) is 0 Å². The van der Waals surface area contributed by atoms with Crippen molar-refractivity contribution < 1.29 is 14.3 Å². The molecule has 0 radical (unpaired) electrons. The fourth-order valence-corrected chi connectivity index (χ4v) is 4.27. The fraction of sp³-hybridized carbons (Fsp3) is 0.480. The second kappa shape index (κ2) is 11.2. The Morgan fingerprint density at radius 3 is 2.16 bits per heavy atom. The summed E-state index contributed by atoms with van der Waals surface area (Å²) in [5.41, 5.74) is 2.28. The van der Waals surface area contributed by atoms with E-state index in [1.165, 1.54) is 5.56 Å². The molecule has 1 aliphatic rings. The molecule has 0 aliphatic carbocycles. The second-order valence-electron chi connectivity index (χ2n) is 7.83. The molecule has 1 fully saturated rings. The lowest BCUT2D eigenvalue weighted by molar-refractivity contribution is -0.137. The molecule has 6 nitrogen and oxygen atoms in total. The zero-order chi connectivity index (χ0) is 22.2. The number of hydrogen-bond donors (Lipinski definition) is 0. The van der Waals surface area contributed by atoms with Gasteiger partial charge in [-0.3, -0.25) is 14.6 Å². The summed E-state index contributed by atoms with van der Waals surface area (Å²) in [6.45, 7) is 9.98. The van der Waals surface area contributed by atoms with Gasteiger partial charge in [0.1, 0.15) is 6.04 Å². The minimum absolute atomic E-state index is 0.199. The number of methoxy groups -OCH3 is 2. The van der Waals surface area contributed by atoms with Crippen molar-refractivity contribution in [1.82, 2.24) is 14.7 Å². The number of nitrogens with zero attached hydrogens (tertiary/aromatic N) is 3. The highest BCUT2D eigenvalue weighted by Crippen LogP contribution is 2.29. The summed E-state index contributed by atoms with van der Waals surface area (Å²) in [5.74, 6) is 1.70. The van der Waals surface area contributed by atoms with Crippen LogP contribution >= 0.6 is 0 Å². The van der Waals surface area contributed by atoms with E-state index in [0.29, 0.717) is 0 Å². The summed E-state index contributed by atoms with van der Waals surface area (Å²) < 4.78 is 10.8. The van der Waals surface area contributed by atoms with Gasteiger partial charge in [0.15, 0.2) is 11.5 Å². The Balaban J connectivity index is 1.69. The summed E-state index contributed by atoms with van der Waals surface area (Å²) in [5, 5.41) is 0. The molecule has 168 valence electrons. The molecule has 1 aliphatic heterocycles. The highest BCUT2D eigenvalue weighted by molar-refractivity contribution is 5.83. The zero-order valence-electron chi connectivity index (χ0n) is 19.2. The van der Waals surface area contributed by atoms with Gasteiger partial charge in [0.2, 0.25) is 5.91 Å². The van der Waals surface area contributed by atoms with Gasteiger partial charge in [-0.25, -0.2) is 0 Å². The zero-order valence-corrected chi connectivity index (χ0v) is 19.2. The van der Waals surface area contributed by atoms with Gasteiger partial charge in [-0.2, -0.15) is 0 Å². The Morgan fingerprint density at radius 2 is 1.58 bits per heavy atom. The maximum atomic E-state index is 13.4. The van der Waals surface area contributed by atoms with E-state index in [-0.39, 0.29) is 11.9 Å². The Labute approximate surface area is 186 Å². The molecule has 0 N–H and O–H groups in total. The molecule has 3 rings (SSSR count). The first kappa shape index (κ1) is 23.1. The molecule has 0 saturated carbocycles. The third-order valence-corrected chi connectivity index (χ3v) is 6.05. The highest BCUT2D eigenvalue weighted by Gasteiger charge is 2.32. The van der Waals surface area contributed by atoms with Gasteiger partial charge >= 0.3 is 0 Å². The van der Waals surface area contributed by atoms with Gasteiger partial charge < -0.3 is 14.4 Å². The van der Waals surface area contributed by atoms with E-state index in [1.54, 1.807) is 14.2 Å². The number of amides is 1. The summed E-state index contributed by atoms with van der Waals surface area (Å²) in [7, 11) is 3.32. The molecule has 1 amide bonds. The van der Waals surface area contributed by atoms with Gasteiger partial charge in [0, 0.05) is 45.8 Å². The van der Waals surface area contributed by atoms with E-state index in [0.717, 1.165) is 62.9 Å². The van der Waals surface area contributed by atoms with E-state index in [9.17, 15) is 4.79 Å². The first-order chi connectivity index (χ1) is 15.1. The Bertz CT molecular complexity index is 831. The van der Waals surface area contributed by atoms with Crippen LogP contribution in [0, 0.1) is 0 Å². The third-order valence-electron chi connectivity index (χ3n) is 6.05. The van der Waals surface area contributed by atoms with E-state index < -0.39 is 0 Å². The molecule has 0 spiro atoms. The van der Waals surface area contributed by atoms with Crippen molar-refractivity contribution in [3.8, 4) is 11.5 Å². The first-order valence-electron chi connectivity index (χ1n) is 11.1. The molecule has 2 aromatic rings. The average molecular weight is 426 g/mol. The third kappa shape index (κ3) is 5.57. The molecule has 2 aromatic carbocycles. The van der Waals surface area contributed by atoms with Crippen LogP contribution in [0.2, 0.25) is 0 Å². The number of piperazine rings is 1. The van der Waals surface area contributed by atoms with Crippen LogP contribution in [-0.2, 0) is 11.3 Å². The van der Waals surface area contributed by atoms with Gasteiger partial charge in [-0.1, -0.05) is 36.4 Å². The summed E-state index contributed by atoms with van der Waals surface area (Å²) in [4.78, 5) is 20.1. The maximum Gasteiger partial charge on any atom is 0.244 e. The largest absolute Gasteiger partial charge is 0.493 e. The molecule has 1 atom stereocenters. The van der Waals surface area contributed by atoms with Crippen LogP contribution in [0.5, 0.6) is 11.5 Å². The molecule has 31 heavy (non-hydrogen) atoms. The topological polar surface area (TPSA) is 45.3 Å². The molecule has 1 saturated heterocycles. The smallest absolute Gasteiger partial charge is 0.244 e. The van der Waals surface area contributed by atoms with Crippen LogP contribution in [0.3, 0.4) is 0 Å². The predicted octanol–water partition coefficient (Wildman–Crippen LogP) is 3.43. The van der Waals surface area contributed by atoms with Crippen molar-refractivity contribution in [2.75, 3.05) is 53.5 Å². The van der Waals surface area contributed by atoms with Gasteiger partial charge in [-0.05, 0) is 37.1 Å². The van der Waals surface area contributed by atoms with Crippen LogP contribution in [0.1, 0.15) is 31.0 Å². The molecular weight excluding hydrogens is 390 g/mol. The normalized spacial score (nSPS) is 16.0. The van der Waals surface area contributed by atoms with E-state index >= 15 is 0 Å². The van der Waals surface area contributed by atoms with Crippen molar-refractivity contribution >= 4 is 5.91 Å². The Morgan fingerprint density at radius 1 is 0.935 bits per heavy atom. The van der Waals surface area contributed by atoms with Crippen LogP contribution in [0.4, 0.5) is 0 Å². The van der Waals surface area contributed by atoms with Crippen LogP contribution in [0.15, 0.2) is 48.5 Å². The number of rotatable bonds is 9. The summed E-state index contributed by atoms with van der Waals surface area (Å²) in [6.07, 6.45) is 0. The molecule has 6 heteroatoms. The monoisotopic (exact) mass is 425 g/mol.